The van der Waals surface area contributed by atoms with Gasteiger partial charge in [-0.25, -0.2) is 4.79 Å². The van der Waals surface area contributed by atoms with E-state index in [2.05, 4.69) is 15.6 Å². The molecule has 0 aromatic heterocycles. The molecule has 0 saturated carbocycles. The van der Waals surface area contributed by atoms with Crippen molar-refractivity contribution in [2.24, 2.45) is 0 Å². The third kappa shape index (κ3) is 5.49. The van der Waals surface area contributed by atoms with Crippen molar-refractivity contribution in [3.63, 3.8) is 0 Å². The van der Waals surface area contributed by atoms with Crippen molar-refractivity contribution >= 4 is 29.4 Å². The normalized spacial score (nSPS) is 21.4. The van der Waals surface area contributed by atoms with Crippen LogP contribution in [0.5, 0.6) is 5.75 Å². The molecule has 0 unspecified atom stereocenters. The Bertz CT molecular complexity index is 1030. The number of carbonyl (C=O) groups is 3. The third-order valence-corrected chi connectivity index (χ3v) is 6.35. The molecule has 2 aliphatic rings. The number of benzene rings is 2. The maximum absolute atomic E-state index is 12.9. The topological polar surface area (TPSA) is 94.2 Å². The number of carbonyl (C=O) groups excluding carboxylic acids is 3. The van der Waals surface area contributed by atoms with Gasteiger partial charge in [0.05, 0.1) is 6.54 Å². The van der Waals surface area contributed by atoms with Gasteiger partial charge in [0.25, 0.3) is 11.8 Å². The van der Waals surface area contributed by atoms with Crippen LogP contribution in [0.25, 0.3) is 0 Å². The van der Waals surface area contributed by atoms with Gasteiger partial charge in [-0.2, -0.15) is 5.01 Å². The van der Waals surface area contributed by atoms with Crippen LogP contribution < -0.4 is 15.5 Å². The first kappa shape index (κ1) is 24.0. The minimum absolute atomic E-state index is 0.105. The molecule has 9 nitrogen and oxygen atoms in total. The Hall–Kier alpha value is -3.14. The lowest BCUT2D eigenvalue weighted by Gasteiger charge is -2.34. The Labute approximate surface area is 203 Å². The van der Waals surface area contributed by atoms with E-state index < -0.39 is 23.4 Å². The molecule has 34 heavy (non-hydrogen) atoms. The van der Waals surface area contributed by atoms with Gasteiger partial charge in [-0.05, 0) is 36.8 Å². The van der Waals surface area contributed by atoms with Crippen LogP contribution >= 0.6 is 11.6 Å². The average molecular weight is 486 g/mol. The second kappa shape index (κ2) is 10.4. The van der Waals surface area contributed by atoms with Crippen molar-refractivity contribution in [3.8, 4) is 5.75 Å². The number of piperazine rings is 1. The summed E-state index contributed by atoms with van der Waals surface area (Å²) in [7, 11) is 0. The summed E-state index contributed by atoms with van der Waals surface area (Å²) >= 11 is 5.88. The molecule has 180 valence electrons. The first-order valence-corrected chi connectivity index (χ1v) is 11.6. The smallest absolute Gasteiger partial charge is 0.344 e. The quantitative estimate of drug-likeness (QED) is 0.554. The highest BCUT2D eigenvalue weighted by atomic mass is 35.5. The lowest BCUT2D eigenvalue weighted by Crippen LogP contribution is -2.54. The van der Waals surface area contributed by atoms with Crippen LogP contribution in [0.15, 0.2) is 54.6 Å². The molecule has 2 aliphatic heterocycles. The van der Waals surface area contributed by atoms with Gasteiger partial charge in [-0.15, -0.1) is 0 Å². The number of urea groups is 1. The average Bonchev–Trinajstić information content (AvgIpc) is 3.06. The third-order valence-electron chi connectivity index (χ3n) is 6.10. The zero-order valence-corrected chi connectivity index (χ0v) is 19.8. The van der Waals surface area contributed by atoms with E-state index in [0.717, 1.165) is 30.4 Å². The van der Waals surface area contributed by atoms with E-state index in [1.807, 2.05) is 23.1 Å². The SMILES string of the molecule is C[C@]1(c2ccccc2)NC(=O)N(NC(=O)CN2CCN(CCOc3ccc(Cl)cc3)CC2)C1=O. The molecular formula is C24H28ClN5O4. The number of hydrogen-bond acceptors (Lipinski definition) is 6. The number of ether oxygens (including phenoxy) is 1. The van der Waals surface area contributed by atoms with Crippen LogP contribution in [0.3, 0.4) is 0 Å². The Morgan fingerprint density at radius 2 is 1.68 bits per heavy atom. The molecule has 2 heterocycles. The maximum atomic E-state index is 12.9. The lowest BCUT2D eigenvalue weighted by atomic mass is 9.92. The fourth-order valence-corrected chi connectivity index (χ4v) is 4.19. The van der Waals surface area contributed by atoms with E-state index in [4.69, 9.17) is 16.3 Å². The number of hydrazine groups is 1. The molecule has 2 aromatic carbocycles. The van der Waals surface area contributed by atoms with Gasteiger partial charge in [0.2, 0.25) is 0 Å². The summed E-state index contributed by atoms with van der Waals surface area (Å²) < 4.78 is 5.75. The van der Waals surface area contributed by atoms with Gasteiger partial charge in [0.15, 0.2) is 0 Å². The molecule has 0 radical (unpaired) electrons. The molecule has 1 atom stereocenters. The summed E-state index contributed by atoms with van der Waals surface area (Å²) in [6.45, 7) is 6.09. The monoisotopic (exact) mass is 485 g/mol. The zero-order valence-electron chi connectivity index (χ0n) is 19.0. The maximum Gasteiger partial charge on any atom is 0.344 e. The van der Waals surface area contributed by atoms with Gasteiger partial charge in [-0.1, -0.05) is 41.9 Å². The molecule has 4 amide bonds. The number of rotatable bonds is 8. The molecule has 0 spiro atoms. The molecule has 0 bridgehead atoms. The van der Waals surface area contributed by atoms with Crippen LogP contribution in [-0.2, 0) is 15.1 Å². The number of nitrogens with zero attached hydrogens (tertiary/aromatic N) is 3. The van der Waals surface area contributed by atoms with Gasteiger partial charge < -0.3 is 10.1 Å². The van der Waals surface area contributed by atoms with Crippen molar-refractivity contribution < 1.29 is 19.1 Å². The lowest BCUT2D eigenvalue weighted by molar-refractivity contribution is -0.139. The van der Waals surface area contributed by atoms with Crippen molar-refractivity contribution in [2.45, 2.75) is 12.5 Å². The van der Waals surface area contributed by atoms with Gasteiger partial charge in [-0.3, -0.25) is 24.8 Å². The summed E-state index contributed by atoms with van der Waals surface area (Å²) in [5, 5.41) is 4.13. The van der Waals surface area contributed by atoms with Crippen molar-refractivity contribution in [1.82, 2.24) is 25.6 Å². The van der Waals surface area contributed by atoms with E-state index in [0.29, 0.717) is 30.3 Å². The second-order valence-electron chi connectivity index (χ2n) is 8.52. The van der Waals surface area contributed by atoms with Crippen molar-refractivity contribution in [2.75, 3.05) is 45.9 Å². The Morgan fingerprint density at radius 3 is 2.35 bits per heavy atom. The summed E-state index contributed by atoms with van der Waals surface area (Å²) in [5.74, 6) is -0.133. The molecular weight excluding hydrogens is 458 g/mol. The first-order chi connectivity index (χ1) is 16.3. The van der Waals surface area contributed by atoms with Crippen LogP contribution in [0.1, 0.15) is 12.5 Å². The van der Waals surface area contributed by atoms with E-state index >= 15 is 0 Å². The first-order valence-electron chi connectivity index (χ1n) is 11.2. The number of halogens is 1. The van der Waals surface area contributed by atoms with Gasteiger partial charge >= 0.3 is 6.03 Å². The number of amides is 4. The standard InChI is InChI=1S/C24H28ClN5O4/c1-24(18-5-3-2-4-6-18)22(32)30(23(33)26-24)27-21(31)17-29-13-11-28(12-14-29)15-16-34-20-9-7-19(25)8-10-20/h2-10H,11-17H2,1H3,(H,26,33)(H,27,31)/t24-/m1/s1. The highest BCUT2D eigenvalue weighted by molar-refractivity contribution is 6.30. The highest BCUT2D eigenvalue weighted by Crippen LogP contribution is 2.27. The van der Waals surface area contributed by atoms with Crippen molar-refractivity contribution in [3.05, 3.63) is 65.2 Å². The van der Waals surface area contributed by atoms with Crippen LogP contribution in [0.2, 0.25) is 5.02 Å². The Morgan fingerprint density at radius 1 is 1.03 bits per heavy atom. The number of hydrogen-bond donors (Lipinski definition) is 2. The van der Waals surface area contributed by atoms with Gasteiger partial charge in [0, 0.05) is 37.7 Å². The van der Waals surface area contributed by atoms with Crippen molar-refractivity contribution in [1.29, 1.82) is 0 Å². The zero-order chi connectivity index (χ0) is 24.1. The number of nitrogens with one attached hydrogen (secondary N) is 2. The molecule has 2 fully saturated rings. The fraction of sp³-hybridized carbons (Fsp3) is 0.375. The molecule has 0 aliphatic carbocycles. The Balaban J connectivity index is 1.20. The summed E-state index contributed by atoms with van der Waals surface area (Å²) in [5.41, 5.74) is 1.90. The van der Waals surface area contributed by atoms with Crippen LogP contribution in [0, 0.1) is 0 Å². The predicted molar refractivity (Wildman–Crippen MR) is 127 cm³/mol. The fourth-order valence-electron chi connectivity index (χ4n) is 4.07. The predicted octanol–water partition coefficient (Wildman–Crippen LogP) is 1.83. The molecule has 2 N–H and O–H groups in total. The van der Waals surface area contributed by atoms with E-state index in [-0.39, 0.29) is 6.54 Å². The molecule has 10 heteroatoms. The summed E-state index contributed by atoms with van der Waals surface area (Å²) in [4.78, 5) is 42.2. The minimum atomic E-state index is -1.22. The van der Waals surface area contributed by atoms with E-state index in [1.54, 1.807) is 43.3 Å². The summed E-state index contributed by atoms with van der Waals surface area (Å²) in [6, 6.07) is 15.6. The van der Waals surface area contributed by atoms with E-state index in [9.17, 15) is 14.4 Å². The largest absolute Gasteiger partial charge is 0.492 e. The summed E-state index contributed by atoms with van der Waals surface area (Å²) in [6.07, 6.45) is 0. The molecule has 2 saturated heterocycles. The van der Waals surface area contributed by atoms with Crippen LogP contribution in [-0.4, -0.2) is 78.5 Å². The molecule has 4 rings (SSSR count). The van der Waals surface area contributed by atoms with Crippen LogP contribution in [0.4, 0.5) is 4.79 Å². The highest BCUT2D eigenvalue weighted by Gasteiger charge is 2.50. The Kier molecular flexibility index (Phi) is 7.35. The van der Waals surface area contributed by atoms with Gasteiger partial charge in [0.1, 0.15) is 17.9 Å². The molecule has 2 aromatic rings. The second-order valence-corrected chi connectivity index (χ2v) is 8.95. The van der Waals surface area contributed by atoms with E-state index in [1.165, 1.54) is 0 Å². The number of imide groups is 1. The minimum Gasteiger partial charge on any atom is -0.492 e.